The van der Waals surface area contributed by atoms with Gasteiger partial charge in [0.2, 0.25) is 5.91 Å². The summed E-state index contributed by atoms with van der Waals surface area (Å²) in [5.74, 6) is 0.985. The van der Waals surface area contributed by atoms with Crippen molar-refractivity contribution in [1.29, 1.82) is 0 Å². The maximum Gasteiger partial charge on any atom is 0.407 e. The van der Waals surface area contributed by atoms with Gasteiger partial charge in [0.05, 0.1) is 10.4 Å². The van der Waals surface area contributed by atoms with Gasteiger partial charge in [-0.15, -0.1) is 11.3 Å². The first-order chi connectivity index (χ1) is 18.5. The van der Waals surface area contributed by atoms with Crippen LogP contribution in [0.1, 0.15) is 61.5 Å². The summed E-state index contributed by atoms with van der Waals surface area (Å²) in [6.07, 6.45) is 8.40. The molecule has 6 nitrogen and oxygen atoms in total. The van der Waals surface area contributed by atoms with Gasteiger partial charge in [0.25, 0.3) is 0 Å². The minimum atomic E-state index is -0.431. The fourth-order valence-electron chi connectivity index (χ4n) is 5.15. The Kier molecular flexibility index (Phi) is 10.7. The van der Waals surface area contributed by atoms with E-state index in [1.54, 1.807) is 11.7 Å². The first-order valence-electron chi connectivity index (χ1n) is 13.7. The summed E-state index contributed by atoms with van der Waals surface area (Å²) >= 11 is 1.46. The van der Waals surface area contributed by atoms with Crippen LogP contribution < -0.4 is 10.6 Å². The van der Waals surface area contributed by atoms with Crippen molar-refractivity contribution in [3.05, 3.63) is 88.4 Å². The number of carbonyl (C=O) groups is 2. The standard InChI is InChI=1S/C31H39N3O3S/c1-23-12-14-26(15-13-23)30(35)33-27(18-24-8-4-2-5-9-24)16-17-28(19-25-10-6-3-7-11-25)34-31(36)37-21-29-20-32-22-38-29/h2-11,20,22-23,26-28H,12-19,21H2,1H3,(H,33,35)(H,34,36). The van der Waals surface area contributed by atoms with Crippen molar-refractivity contribution >= 4 is 23.3 Å². The highest BCUT2D eigenvalue weighted by atomic mass is 32.1. The third kappa shape index (κ3) is 9.28. The Labute approximate surface area is 230 Å². The molecule has 1 aliphatic rings. The summed E-state index contributed by atoms with van der Waals surface area (Å²) in [6, 6.07) is 20.4. The molecule has 4 rings (SSSR count). The van der Waals surface area contributed by atoms with Gasteiger partial charge in [-0.3, -0.25) is 9.78 Å². The molecular formula is C31H39N3O3S. The summed E-state index contributed by atoms with van der Waals surface area (Å²) in [7, 11) is 0. The van der Waals surface area contributed by atoms with E-state index in [-0.39, 0.29) is 30.5 Å². The minimum Gasteiger partial charge on any atom is -0.444 e. The number of hydrogen-bond donors (Lipinski definition) is 2. The maximum absolute atomic E-state index is 13.2. The predicted octanol–water partition coefficient (Wildman–Crippen LogP) is 6.31. The Balaban J connectivity index is 1.39. The molecule has 0 saturated heterocycles. The average Bonchev–Trinajstić information content (AvgIpc) is 3.46. The molecule has 1 aliphatic carbocycles. The number of thiazole rings is 1. The minimum absolute atomic E-state index is 0.00228. The Morgan fingerprint density at radius 1 is 0.895 bits per heavy atom. The molecule has 2 amide bonds. The molecule has 1 saturated carbocycles. The van der Waals surface area contributed by atoms with E-state index in [9.17, 15) is 9.59 Å². The van der Waals surface area contributed by atoms with Crippen LogP contribution in [0.5, 0.6) is 0 Å². The number of amides is 2. The number of alkyl carbamates (subject to hydrolysis) is 1. The molecule has 3 aromatic rings. The van der Waals surface area contributed by atoms with Crippen LogP contribution in [0.25, 0.3) is 0 Å². The van der Waals surface area contributed by atoms with Gasteiger partial charge in [0.15, 0.2) is 0 Å². The number of nitrogens with one attached hydrogen (secondary N) is 2. The molecule has 202 valence electrons. The van der Waals surface area contributed by atoms with E-state index in [2.05, 4.69) is 46.8 Å². The highest BCUT2D eigenvalue weighted by molar-refractivity contribution is 7.09. The molecule has 0 aliphatic heterocycles. The Hall–Kier alpha value is -3.19. The normalized spacial score (nSPS) is 18.8. The highest BCUT2D eigenvalue weighted by Crippen LogP contribution is 2.28. The Morgan fingerprint density at radius 2 is 1.47 bits per heavy atom. The number of benzene rings is 2. The van der Waals surface area contributed by atoms with Gasteiger partial charge < -0.3 is 15.4 Å². The fourth-order valence-corrected chi connectivity index (χ4v) is 5.66. The first-order valence-corrected chi connectivity index (χ1v) is 14.6. The second kappa shape index (κ2) is 14.7. The van der Waals surface area contributed by atoms with Crippen molar-refractivity contribution in [3.8, 4) is 0 Å². The second-order valence-electron chi connectivity index (χ2n) is 10.5. The zero-order valence-electron chi connectivity index (χ0n) is 22.2. The highest BCUT2D eigenvalue weighted by Gasteiger charge is 2.26. The summed E-state index contributed by atoms with van der Waals surface area (Å²) in [6.45, 7) is 2.48. The molecule has 0 radical (unpaired) electrons. The van der Waals surface area contributed by atoms with E-state index < -0.39 is 6.09 Å². The van der Waals surface area contributed by atoms with E-state index in [1.165, 1.54) is 16.9 Å². The molecule has 2 N–H and O–H groups in total. The first kappa shape index (κ1) is 27.8. The van der Waals surface area contributed by atoms with Crippen molar-refractivity contribution in [3.63, 3.8) is 0 Å². The van der Waals surface area contributed by atoms with Crippen LogP contribution in [-0.2, 0) is 29.0 Å². The van der Waals surface area contributed by atoms with Gasteiger partial charge in [-0.1, -0.05) is 67.6 Å². The molecule has 2 atom stereocenters. The van der Waals surface area contributed by atoms with E-state index in [1.807, 2.05) is 36.4 Å². The molecule has 0 spiro atoms. The number of aromatic nitrogens is 1. The third-order valence-electron chi connectivity index (χ3n) is 7.40. The summed E-state index contributed by atoms with van der Waals surface area (Å²) in [5, 5.41) is 6.46. The van der Waals surface area contributed by atoms with Gasteiger partial charge in [-0.25, -0.2) is 4.79 Å². The molecule has 7 heteroatoms. The van der Waals surface area contributed by atoms with Gasteiger partial charge >= 0.3 is 6.09 Å². The van der Waals surface area contributed by atoms with Crippen molar-refractivity contribution in [2.24, 2.45) is 11.8 Å². The SMILES string of the molecule is CC1CCC(C(=O)NC(CCC(Cc2ccccc2)NC(=O)OCc2cncs2)Cc2ccccc2)CC1. The predicted molar refractivity (Wildman–Crippen MR) is 152 cm³/mol. The zero-order valence-corrected chi connectivity index (χ0v) is 23.0. The van der Waals surface area contributed by atoms with Gasteiger partial charge in [-0.05, 0) is 68.4 Å². The van der Waals surface area contributed by atoms with Crippen LogP contribution in [0.4, 0.5) is 4.79 Å². The van der Waals surface area contributed by atoms with Gasteiger partial charge in [0, 0.05) is 24.2 Å². The number of rotatable bonds is 12. The largest absolute Gasteiger partial charge is 0.444 e. The molecular weight excluding hydrogens is 494 g/mol. The van der Waals surface area contributed by atoms with Crippen LogP contribution in [0.3, 0.4) is 0 Å². The summed E-state index contributed by atoms with van der Waals surface area (Å²) < 4.78 is 5.46. The van der Waals surface area contributed by atoms with Crippen LogP contribution >= 0.6 is 11.3 Å². The van der Waals surface area contributed by atoms with Crippen molar-refractivity contribution in [2.45, 2.75) is 77.0 Å². The molecule has 0 bridgehead atoms. The quantitative estimate of drug-likeness (QED) is 0.286. The summed E-state index contributed by atoms with van der Waals surface area (Å²) in [4.78, 5) is 30.8. The van der Waals surface area contributed by atoms with Crippen molar-refractivity contribution in [1.82, 2.24) is 15.6 Å². The smallest absolute Gasteiger partial charge is 0.407 e. The summed E-state index contributed by atoms with van der Waals surface area (Å²) in [5.41, 5.74) is 4.08. The monoisotopic (exact) mass is 533 g/mol. The Bertz CT molecular complexity index is 1100. The van der Waals surface area contributed by atoms with Gasteiger partial charge in [-0.2, -0.15) is 0 Å². The topological polar surface area (TPSA) is 80.3 Å². The van der Waals surface area contributed by atoms with E-state index >= 15 is 0 Å². The van der Waals surface area contributed by atoms with E-state index in [0.29, 0.717) is 12.3 Å². The van der Waals surface area contributed by atoms with Gasteiger partial charge in [0.1, 0.15) is 6.61 Å². The van der Waals surface area contributed by atoms with Crippen LogP contribution in [0.15, 0.2) is 72.4 Å². The Morgan fingerprint density at radius 3 is 2.03 bits per heavy atom. The number of carbonyl (C=O) groups excluding carboxylic acids is 2. The molecule has 1 heterocycles. The second-order valence-corrected chi connectivity index (χ2v) is 11.5. The number of nitrogens with zero attached hydrogens (tertiary/aromatic N) is 1. The van der Waals surface area contributed by atoms with Crippen LogP contribution in [0.2, 0.25) is 0 Å². The lowest BCUT2D eigenvalue weighted by molar-refractivity contribution is -0.127. The maximum atomic E-state index is 13.2. The van der Waals surface area contributed by atoms with Crippen LogP contribution in [-0.4, -0.2) is 29.1 Å². The lowest BCUT2D eigenvalue weighted by Crippen LogP contribution is -2.43. The fraction of sp³-hybridized carbons (Fsp3) is 0.452. The van der Waals surface area contributed by atoms with Crippen molar-refractivity contribution < 1.29 is 14.3 Å². The zero-order chi connectivity index (χ0) is 26.6. The number of hydrogen-bond acceptors (Lipinski definition) is 5. The van der Waals surface area contributed by atoms with Crippen molar-refractivity contribution in [2.75, 3.05) is 0 Å². The van der Waals surface area contributed by atoms with E-state index in [4.69, 9.17) is 4.74 Å². The average molecular weight is 534 g/mol. The lowest BCUT2D eigenvalue weighted by atomic mass is 9.82. The molecule has 2 aromatic carbocycles. The number of ether oxygens (including phenoxy) is 1. The van der Waals surface area contributed by atoms with E-state index in [0.717, 1.165) is 55.4 Å². The molecule has 1 aromatic heterocycles. The molecule has 2 unspecified atom stereocenters. The third-order valence-corrected chi connectivity index (χ3v) is 8.15. The molecule has 1 fully saturated rings. The lowest BCUT2D eigenvalue weighted by Gasteiger charge is -2.28. The molecule has 38 heavy (non-hydrogen) atoms. The van der Waals surface area contributed by atoms with Crippen LogP contribution in [0, 0.1) is 11.8 Å².